The van der Waals surface area contributed by atoms with Crippen molar-refractivity contribution in [3.05, 3.63) is 36.0 Å². The summed E-state index contributed by atoms with van der Waals surface area (Å²) in [4.78, 5) is 0. The van der Waals surface area contributed by atoms with Gasteiger partial charge in [0.15, 0.2) is 0 Å². The van der Waals surface area contributed by atoms with Gasteiger partial charge in [0.05, 0.1) is 0 Å². The summed E-state index contributed by atoms with van der Waals surface area (Å²) in [5.41, 5.74) is 1.92. The van der Waals surface area contributed by atoms with E-state index in [0.29, 0.717) is 5.76 Å². The van der Waals surface area contributed by atoms with Crippen molar-refractivity contribution in [3.63, 3.8) is 0 Å². The smallest absolute Gasteiger partial charge is 0 e. The summed E-state index contributed by atoms with van der Waals surface area (Å²) in [5, 5.41) is 0. The van der Waals surface area contributed by atoms with Crippen LogP contribution in [0.15, 0.2) is 21.2 Å². The molecule has 2 aromatic rings. The van der Waals surface area contributed by atoms with Crippen LogP contribution in [0, 0.1) is 26.2 Å². The van der Waals surface area contributed by atoms with Crippen LogP contribution in [0.1, 0.15) is 11.3 Å². The maximum atomic E-state index is 5.17. The van der Waals surface area contributed by atoms with E-state index in [-0.39, 0.29) is 32.7 Å². The number of rotatable bonds is 1. The molecule has 0 bridgehead atoms. The molecule has 0 unspecified atom stereocenters. The molecule has 2 heterocycles. The molecule has 0 aliphatic heterocycles. The van der Waals surface area contributed by atoms with Gasteiger partial charge < -0.3 is 8.83 Å². The standard InChI is InChI=1S/C10H8O2.Y/c1-7-8(2)12-6-9(7)10-4-3-5-11-10;/h3,5H,1-2H3;/q-2;. The van der Waals surface area contributed by atoms with Gasteiger partial charge >= 0.3 is 0 Å². The SMILES string of the molecule is Cc1o[c-]c(-c2[c-]cco2)c1C.[Y]. The molecule has 13 heavy (non-hydrogen) atoms. The summed E-state index contributed by atoms with van der Waals surface area (Å²) in [7, 11) is 0. The van der Waals surface area contributed by atoms with E-state index in [1.54, 1.807) is 12.3 Å². The van der Waals surface area contributed by atoms with E-state index >= 15 is 0 Å². The third-order valence-corrected chi connectivity index (χ3v) is 1.90. The number of hydrogen-bond donors (Lipinski definition) is 0. The van der Waals surface area contributed by atoms with Gasteiger partial charge in [0, 0.05) is 32.7 Å². The second kappa shape index (κ2) is 4.25. The average Bonchev–Trinajstić information content (AvgIpc) is 2.64. The van der Waals surface area contributed by atoms with Crippen molar-refractivity contribution in [2.45, 2.75) is 13.8 Å². The van der Waals surface area contributed by atoms with E-state index in [4.69, 9.17) is 8.83 Å². The van der Waals surface area contributed by atoms with Gasteiger partial charge in [0.25, 0.3) is 0 Å². The summed E-state index contributed by atoms with van der Waals surface area (Å²) in [6.45, 7) is 3.87. The van der Waals surface area contributed by atoms with Crippen LogP contribution in [0.4, 0.5) is 0 Å². The zero-order chi connectivity index (χ0) is 8.55. The van der Waals surface area contributed by atoms with Crippen molar-refractivity contribution in [3.8, 4) is 11.3 Å². The number of aryl methyl sites for hydroxylation is 1. The van der Waals surface area contributed by atoms with Gasteiger partial charge in [-0.25, -0.2) is 0 Å². The fourth-order valence-electron chi connectivity index (χ4n) is 1.05. The maximum Gasteiger partial charge on any atom is 0 e. The summed E-state index contributed by atoms with van der Waals surface area (Å²) in [6, 6.07) is 4.68. The van der Waals surface area contributed by atoms with Crippen LogP contribution >= 0.6 is 0 Å². The Labute approximate surface area is 102 Å². The van der Waals surface area contributed by atoms with Gasteiger partial charge in [-0.3, -0.25) is 0 Å². The molecule has 3 heteroatoms. The fourth-order valence-corrected chi connectivity index (χ4v) is 1.05. The van der Waals surface area contributed by atoms with Crippen LogP contribution in [0.25, 0.3) is 11.3 Å². The minimum Gasteiger partial charge on any atom is -0.590 e. The Morgan fingerprint density at radius 3 is 2.54 bits per heavy atom. The van der Waals surface area contributed by atoms with Crippen molar-refractivity contribution < 1.29 is 41.5 Å². The molecular formula is C10H8O2Y-2. The molecule has 65 valence electrons. The number of hydrogen-bond acceptors (Lipinski definition) is 2. The summed E-state index contributed by atoms with van der Waals surface area (Å²) >= 11 is 0. The van der Waals surface area contributed by atoms with Gasteiger partial charge in [-0.05, 0) is 18.3 Å². The first-order valence-electron chi connectivity index (χ1n) is 3.72. The molecule has 2 nitrogen and oxygen atoms in total. The predicted molar refractivity (Wildman–Crippen MR) is 43.6 cm³/mol. The fraction of sp³-hybridized carbons (Fsp3) is 0.200. The Morgan fingerprint density at radius 1 is 1.31 bits per heavy atom. The molecule has 0 aliphatic rings. The van der Waals surface area contributed by atoms with Crippen LogP contribution in [-0.2, 0) is 32.7 Å². The Balaban J connectivity index is 0.000000845. The maximum absolute atomic E-state index is 5.17. The van der Waals surface area contributed by atoms with Crippen molar-refractivity contribution in [1.29, 1.82) is 0 Å². The van der Waals surface area contributed by atoms with Crippen molar-refractivity contribution in [2.24, 2.45) is 0 Å². The van der Waals surface area contributed by atoms with E-state index in [2.05, 4.69) is 12.3 Å². The van der Waals surface area contributed by atoms with Crippen LogP contribution in [0.3, 0.4) is 0 Å². The van der Waals surface area contributed by atoms with Crippen LogP contribution < -0.4 is 0 Å². The van der Waals surface area contributed by atoms with E-state index < -0.39 is 0 Å². The van der Waals surface area contributed by atoms with E-state index in [1.807, 2.05) is 13.8 Å². The first-order valence-corrected chi connectivity index (χ1v) is 3.72. The molecule has 0 saturated heterocycles. The normalized spacial score (nSPS) is 9.69. The zero-order valence-corrected chi connectivity index (χ0v) is 10.4. The quantitative estimate of drug-likeness (QED) is 0.726. The monoisotopic (exact) mass is 249 g/mol. The van der Waals surface area contributed by atoms with Gasteiger partial charge in [-0.15, -0.1) is 6.07 Å². The van der Waals surface area contributed by atoms with Gasteiger partial charge in [-0.1, -0.05) is 19.6 Å². The second-order valence-corrected chi connectivity index (χ2v) is 2.65. The molecule has 2 rings (SSSR count). The minimum absolute atomic E-state index is 0. The molecule has 0 saturated carbocycles. The summed E-state index contributed by atoms with van der Waals surface area (Å²) < 4.78 is 10.3. The van der Waals surface area contributed by atoms with Crippen LogP contribution in [0.5, 0.6) is 0 Å². The Morgan fingerprint density at radius 2 is 2.08 bits per heavy atom. The molecular weight excluding hydrogens is 241 g/mol. The van der Waals surface area contributed by atoms with Crippen molar-refractivity contribution >= 4 is 0 Å². The molecule has 2 aromatic heterocycles. The van der Waals surface area contributed by atoms with Gasteiger partial charge in [0.2, 0.25) is 0 Å². The molecule has 0 aliphatic carbocycles. The van der Waals surface area contributed by atoms with Crippen molar-refractivity contribution in [2.75, 3.05) is 0 Å². The molecule has 0 spiro atoms. The molecule has 1 radical (unpaired) electrons. The van der Waals surface area contributed by atoms with Crippen LogP contribution in [0.2, 0.25) is 0 Å². The largest absolute Gasteiger partial charge is 0.590 e. The van der Waals surface area contributed by atoms with Gasteiger partial charge in [0.1, 0.15) is 0 Å². The number of furan rings is 2. The predicted octanol–water partition coefficient (Wildman–Crippen LogP) is 2.75. The zero-order valence-electron chi connectivity index (χ0n) is 7.55. The first-order chi connectivity index (χ1) is 5.79. The Hall–Kier alpha value is -0.336. The van der Waals surface area contributed by atoms with Gasteiger partial charge in [-0.2, -0.15) is 17.2 Å². The Bertz CT molecular complexity index is 374. The summed E-state index contributed by atoms with van der Waals surface area (Å²) in [5.74, 6) is 1.55. The molecule has 0 N–H and O–H groups in total. The minimum atomic E-state index is 0. The topological polar surface area (TPSA) is 26.3 Å². The average molecular weight is 249 g/mol. The molecule has 0 fully saturated rings. The van der Waals surface area contributed by atoms with Crippen molar-refractivity contribution in [1.82, 2.24) is 0 Å². The molecule has 0 amide bonds. The summed E-state index contributed by atoms with van der Waals surface area (Å²) in [6.07, 6.45) is 4.36. The Kier molecular flexibility index (Phi) is 3.51. The first kappa shape index (κ1) is 10.7. The van der Waals surface area contributed by atoms with E-state index in [0.717, 1.165) is 16.9 Å². The molecule has 0 aromatic carbocycles. The van der Waals surface area contributed by atoms with E-state index in [9.17, 15) is 0 Å². The second-order valence-electron chi connectivity index (χ2n) is 2.65. The molecule has 0 atom stereocenters. The van der Waals surface area contributed by atoms with Crippen LogP contribution in [-0.4, -0.2) is 0 Å². The third-order valence-electron chi connectivity index (χ3n) is 1.90. The van der Waals surface area contributed by atoms with E-state index in [1.165, 1.54) is 0 Å². The third kappa shape index (κ3) is 1.95.